The first-order valence-electron chi connectivity index (χ1n) is 7.17. The number of amides is 1. The second-order valence-corrected chi connectivity index (χ2v) is 7.04. The van der Waals surface area contributed by atoms with Gasteiger partial charge in [0.1, 0.15) is 12.3 Å². The SMILES string of the molecule is CSCC[C@H](CC(=O)Cc1ccc(Br)cc1)C(=O)NCC(=O)O. The van der Waals surface area contributed by atoms with Crippen LogP contribution in [0, 0.1) is 5.92 Å². The third-order valence-electron chi connectivity index (χ3n) is 3.24. The number of halogens is 1. The van der Waals surface area contributed by atoms with Crippen LogP contribution >= 0.6 is 27.7 Å². The monoisotopic (exact) mass is 401 g/mol. The minimum Gasteiger partial charge on any atom is -0.480 e. The molecule has 2 N–H and O–H groups in total. The number of benzene rings is 1. The number of carboxylic acids is 1. The number of carboxylic acid groups (broad SMARTS) is 1. The van der Waals surface area contributed by atoms with Gasteiger partial charge in [-0.3, -0.25) is 14.4 Å². The lowest BCUT2D eigenvalue weighted by molar-refractivity contribution is -0.138. The van der Waals surface area contributed by atoms with Gasteiger partial charge in [0.25, 0.3) is 0 Å². The lowest BCUT2D eigenvalue weighted by Gasteiger charge is -2.15. The number of rotatable bonds is 10. The van der Waals surface area contributed by atoms with Gasteiger partial charge in [-0.25, -0.2) is 0 Å². The van der Waals surface area contributed by atoms with E-state index < -0.39 is 18.4 Å². The van der Waals surface area contributed by atoms with E-state index in [0.717, 1.165) is 15.8 Å². The van der Waals surface area contributed by atoms with Gasteiger partial charge in [-0.2, -0.15) is 11.8 Å². The zero-order chi connectivity index (χ0) is 17.2. The normalized spacial score (nSPS) is 11.7. The van der Waals surface area contributed by atoms with E-state index in [0.29, 0.717) is 6.42 Å². The second-order valence-electron chi connectivity index (χ2n) is 5.14. The van der Waals surface area contributed by atoms with Gasteiger partial charge in [0, 0.05) is 23.2 Å². The van der Waals surface area contributed by atoms with Crippen molar-refractivity contribution in [2.24, 2.45) is 5.92 Å². The van der Waals surface area contributed by atoms with Gasteiger partial charge in [0.05, 0.1) is 0 Å². The largest absolute Gasteiger partial charge is 0.480 e. The van der Waals surface area contributed by atoms with Crippen LogP contribution in [-0.2, 0) is 20.8 Å². The molecule has 1 aromatic carbocycles. The smallest absolute Gasteiger partial charge is 0.322 e. The van der Waals surface area contributed by atoms with Crippen LogP contribution in [-0.4, -0.2) is 41.3 Å². The highest BCUT2D eigenvalue weighted by Crippen LogP contribution is 2.16. The summed E-state index contributed by atoms with van der Waals surface area (Å²) in [6.07, 6.45) is 2.88. The zero-order valence-corrected chi connectivity index (χ0v) is 15.3. The van der Waals surface area contributed by atoms with E-state index in [1.807, 2.05) is 30.5 Å². The number of carbonyl (C=O) groups excluding carboxylic acids is 2. The maximum absolute atomic E-state index is 12.2. The Hall–Kier alpha value is -1.34. The summed E-state index contributed by atoms with van der Waals surface area (Å²) in [5, 5.41) is 11.0. The maximum Gasteiger partial charge on any atom is 0.322 e. The van der Waals surface area contributed by atoms with Crippen LogP contribution < -0.4 is 5.32 Å². The van der Waals surface area contributed by atoms with Crippen molar-refractivity contribution in [2.75, 3.05) is 18.6 Å². The molecule has 126 valence electrons. The molecular weight excluding hydrogens is 382 g/mol. The number of carbonyl (C=O) groups is 3. The summed E-state index contributed by atoms with van der Waals surface area (Å²) < 4.78 is 0.944. The Bertz CT molecular complexity index is 548. The summed E-state index contributed by atoms with van der Waals surface area (Å²) in [5.74, 6) is -1.22. The fraction of sp³-hybridized carbons (Fsp3) is 0.438. The molecule has 7 heteroatoms. The van der Waals surface area contributed by atoms with Gasteiger partial charge in [-0.1, -0.05) is 28.1 Å². The number of Topliss-reactive ketones (excluding diaryl/α,β-unsaturated/α-hetero) is 1. The van der Waals surface area contributed by atoms with E-state index in [4.69, 9.17) is 5.11 Å². The van der Waals surface area contributed by atoms with Crippen molar-refractivity contribution >= 4 is 45.4 Å². The molecule has 0 aliphatic rings. The Morgan fingerprint density at radius 3 is 2.48 bits per heavy atom. The average Bonchev–Trinajstić information content (AvgIpc) is 2.51. The molecule has 0 radical (unpaired) electrons. The van der Waals surface area contributed by atoms with Crippen molar-refractivity contribution in [3.05, 3.63) is 34.3 Å². The summed E-state index contributed by atoms with van der Waals surface area (Å²) in [7, 11) is 0. The molecule has 0 fully saturated rings. The van der Waals surface area contributed by atoms with Crippen LogP contribution in [0.2, 0.25) is 0 Å². The number of nitrogens with one attached hydrogen (secondary N) is 1. The van der Waals surface area contributed by atoms with Crippen LogP contribution in [0.5, 0.6) is 0 Å². The van der Waals surface area contributed by atoms with Gasteiger partial charge in [0.15, 0.2) is 0 Å². The fourth-order valence-corrected chi connectivity index (χ4v) is 2.85. The lowest BCUT2D eigenvalue weighted by Crippen LogP contribution is -2.36. The predicted octanol–water partition coefficient (Wildman–Crippen LogP) is 2.52. The molecule has 0 saturated heterocycles. The molecule has 0 aliphatic carbocycles. The Morgan fingerprint density at radius 2 is 1.91 bits per heavy atom. The van der Waals surface area contributed by atoms with Crippen molar-refractivity contribution < 1.29 is 19.5 Å². The highest BCUT2D eigenvalue weighted by atomic mass is 79.9. The van der Waals surface area contributed by atoms with E-state index in [1.165, 1.54) is 0 Å². The lowest BCUT2D eigenvalue weighted by atomic mass is 9.95. The van der Waals surface area contributed by atoms with Crippen LogP contribution in [0.25, 0.3) is 0 Å². The van der Waals surface area contributed by atoms with E-state index in [2.05, 4.69) is 21.2 Å². The van der Waals surface area contributed by atoms with Crippen LogP contribution in [0.3, 0.4) is 0 Å². The minimum atomic E-state index is -1.09. The molecule has 5 nitrogen and oxygen atoms in total. The van der Waals surface area contributed by atoms with E-state index in [-0.39, 0.29) is 24.5 Å². The molecule has 0 saturated carbocycles. The molecule has 1 rings (SSSR count). The van der Waals surface area contributed by atoms with Gasteiger partial charge in [-0.05, 0) is 36.1 Å². The number of aliphatic carboxylic acids is 1. The van der Waals surface area contributed by atoms with Crippen LogP contribution in [0.4, 0.5) is 0 Å². The second kappa shape index (κ2) is 10.4. The highest BCUT2D eigenvalue weighted by molar-refractivity contribution is 9.10. The molecule has 0 heterocycles. The van der Waals surface area contributed by atoms with Crippen molar-refractivity contribution in [1.29, 1.82) is 0 Å². The van der Waals surface area contributed by atoms with E-state index >= 15 is 0 Å². The van der Waals surface area contributed by atoms with Gasteiger partial charge >= 0.3 is 5.97 Å². The Labute approximate surface area is 148 Å². The Kier molecular flexibility index (Phi) is 8.94. The molecule has 0 aromatic heterocycles. The number of hydrogen-bond acceptors (Lipinski definition) is 4. The molecule has 1 aromatic rings. The zero-order valence-electron chi connectivity index (χ0n) is 12.9. The van der Waals surface area contributed by atoms with Crippen molar-refractivity contribution in [3.63, 3.8) is 0 Å². The fourth-order valence-electron chi connectivity index (χ4n) is 2.07. The molecule has 0 aliphatic heterocycles. The first-order valence-corrected chi connectivity index (χ1v) is 9.35. The van der Waals surface area contributed by atoms with Gasteiger partial charge in [-0.15, -0.1) is 0 Å². The number of hydrogen-bond donors (Lipinski definition) is 2. The van der Waals surface area contributed by atoms with Crippen molar-refractivity contribution in [2.45, 2.75) is 19.3 Å². The topological polar surface area (TPSA) is 83.5 Å². The first-order chi connectivity index (χ1) is 10.9. The Balaban J connectivity index is 2.60. The van der Waals surface area contributed by atoms with E-state index in [9.17, 15) is 14.4 Å². The minimum absolute atomic E-state index is 0.0242. The summed E-state index contributed by atoms with van der Waals surface area (Å²) in [6.45, 7) is -0.421. The first kappa shape index (κ1) is 19.7. The molecule has 0 bridgehead atoms. The highest BCUT2D eigenvalue weighted by Gasteiger charge is 2.22. The molecular formula is C16H20BrNO4S. The maximum atomic E-state index is 12.2. The summed E-state index contributed by atoms with van der Waals surface area (Å²) in [5.41, 5.74) is 0.896. The van der Waals surface area contributed by atoms with Crippen LogP contribution in [0.1, 0.15) is 18.4 Å². The molecule has 23 heavy (non-hydrogen) atoms. The average molecular weight is 402 g/mol. The van der Waals surface area contributed by atoms with Crippen molar-refractivity contribution in [1.82, 2.24) is 5.32 Å². The summed E-state index contributed by atoms with van der Waals surface area (Å²) in [4.78, 5) is 34.8. The standard InChI is InChI=1S/C16H20BrNO4S/c1-23-7-6-12(16(22)18-10-15(20)21)9-14(19)8-11-2-4-13(17)5-3-11/h2-5,12H,6-10H2,1H3,(H,18,22)(H,20,21)/t12-/m1/s1. The summed E-state index contributed by atoms with van der Waals surface area (Å²) in [6, 6.07) is 7.47. The molecule has 1 atom stereocenters. The van der Waals surface area contributed by atoms with Gasteiger partial charge in [0.2, 0.25) is 5.91 Å². The Morgan fingerprint density at radius 1 is 1.26 bits per heavy atom. The predicted molar refractivity (Wildman–Crippen MR) is 94.6 cm³/mol. The summed E-state index contributed by atoms with van der Waals surface area (Å²) >= 11 is 4.93. The molecule has 1 amide bonds. The van der Waals surface area contributed by atoms with E-state index in [1.54, 1.807) is 11.8 Å². The molecule has 0 unspecified atom stereocenters. The third kappa shape index (κ3) is 8.18. The number of ketones is 1. The number of thioether (sulfide) groups is 1. The third-order valence-corrected chi connectivity index (χ3v) is 4.42. The quantitative estimate of drug-likeness (QED) is 0.629. The van der Waals surface area contributed by atoms with Crippen LogP contribution in [0.15, 0.2) is 28.7 Å². The van der Waals surface area contributed by atoms with Crippen molar-refractivity contribution in [3.8, 4) is 0 Å². The van der Waals surface area contributed by atoms with Gasteiger partial charge < -0.3 is 10.4 Å². The molecule has 0 spiro atoms.